The van der Waals surface area contributed by atoms with Gasteiger partial charge in [0.05, 0.1) is 13.0 Å². The number of likely N-dealkylation sites (tertiary alicyclic amines) is 2. The molecule has 2 atom stereocenters. The van der Waals surface area contributed by atoms with E-state index >= 15 is 0 Å². The Labute approximate surface area is 153 Å². The Bertz CT molecular complexity index is 461. The van der Waals surface area contributed by atoms with E-state index in [0.717, 1.165) is 58.4 Å². The summed E-state index contributed by atoms with van der Waals surface area (Å²) in [6, 6.07) is 1.20. The van der Waals surface area contributed by atoms with Crippen LogP contribution in [0.15, 0.2) is 0 Å². The first-order valence-corrected chi connectivity index (χ1v) is 9.83. The van der Waals surface area contributed by atoms with Crippen molar-refractivity contribution in [3.63, 3.8) is 0 Å². The van der Waals surface area contributed by atoms with Crippen molar-refractivity contribution < 1.29 is 22.7 Å². The van der Waals surface area contributed by atoms with Gasteiger partial charge in [0.25, 0.3) is 0 Å². The van der Waals surface area contributed by atoms with Crippen molar-refractivity contribution in [2.45, 2.75) is 69.2 Å². The number of nitrogens with one attached hydrogen (secondary N) is 1. The minimum atomic E-state index is -4.26. The van der Waals surface area contributed by atoms with E-state index < -0.39 is 19.0 Å². The fourth-order valence-electron chi connectivity index (χ4n) is 4.32. The normalized spacial score (nSPS) is 29.3. The highest BCUT2D eigenvalue weighted by Gasteiger charge is 2.32. The molecular weight excluding hydrogens is 347 g/mol. The first-order valence-electron chi connectivity index (χ1n) is 9.83. The molecule has 3 saturated heterocycles. The van der Waals surface area contributed by atoms with Gasteiger partial charge in [0, 0.05) is 57.3 Å². The van der Waals surface area contributed by atoms with Crippen LogP contribution in [0.25, 0.3) is 0 Å². The third-order valence-corrected chi connectivity index (χ3v) is 5.82. The first-order chi connectivity index (χ1) is 12.4. The number of hydrogen-bond donors (Lipinski definition) is 1. The lowest BCUT2D eigenvalue weighted by molar-refractivity contribution is -0.149. The molecule has 0 spiro atoms. The molecule has 0 bridgehead atoms. The summed E-state index contributed by atoms with van der Waals surface area (Å²) in [6.45, 7) is 4.94. The standard InChI is InChI=1S/C18H30F3N3O2/c19-18(20,21)7-3-17(25)24-8-1-2-15(12-24)22-14-4-9-23(10-5-14)16-6-11-26-13-16/h14-16,22H,1-13H2/t15-,16?/m1/s1. The van der Waals surface area contributed by atoms with Crippen LogP contribution in [0.2, 0.25) is 0 Å². The molecule has 8 heteroatoms. The molecule has 0 aromatic heterocycles. The van der Waals surface area contributed by atoms with Crippen LogP contribution in [-0.2, 0) is 9.53 Å². The summed E-state index contributed by atoms with van der Waals surface area (Å²) in [6.07, 6.45) is -0.601. The average molecular weight is 377 g/mol. The van der Waals surface area contributed by atoms with Crippen LogP contribution in [0.5, 0.6) is 0 Å². The second-order valence-corrected chi connectivity index (χ2v) is 7.79. The van der Waals surface area contributed by atoms with Crippen LogP contribution >= 0.6 is 0 Å². The second kappa shape index (κ2) is 8.89. The van der Waals surface area contributed by atoms with E-state index in [1.54, 1.807) is 4.90 Å². The predicted molar refractivity (Wildman–Crippen MR) is 91.8 cm³/mol. The molecule has 0 aliphatic carbocycles. The minimum Gasteiger partial charge on any atom is -0.380 e. The van der Waals surface area contributed by atoms with E-state index in [1.165, 1.54) is 0 Å². The lowest BCUT2D eigenvalue weighted by Crippen LogP contribution is -2.54. The van der Waals surface area contributed by atoms with Crippen molar-refractivity contribution in [2.75, 3.05) is 39.4 Å². The number of hydrogen-bond acceptors (Lipinski definition) is 4. The van der Waals surface area contributed by atoms with Gasteiger partial charge < -0.3 is 15.0 Å². The van der Waals surface area contributed by atoms with Crippen LogP contribution in [0.4, 0.5) is 13.2 Å². The third-order valence-electron chi connectivity index (χ3n) is 5.82. The van der Waals surface area contributed by atoms with E-state index in [4.69, 9.17) is 4.74 Å². The average Bonchev–Trinajstić information content (AvgIpc) is 3.14. The molecule has 1 unspecified atom stereocenters. The quantitative estimate of drug-likeness (QED) is 0.798. The Morgan fingerprint density at radius 2 is 1.85 bits per heavy atom. The Morgan fingerprint density at radius 1 is 1.08 bits per heavy atom. The zero-order valence-electron chi connectivity index (χ0n) is 15.3. The first kappa shape index (κ1) is 19.9. The van der Waals surface area contributed by atoms with Crippen molar-refractivity contribution in [3.8, 4) is 0 Å². The van der Waals surface area contributed by atoms with Crippen molar-refractivity contribution in [2.24, 2.45) is 0 Å². The molecule has 0 radical (unpaired) electrons. The number of nitrogens with zero attached hydrogens (tertiary/aromatic N) is 2. The van der Waals surface area contributed by atoms with Gasteiger partial charge in [-0.1, -0.05) is 0 Å². The molecule has 3 rings (SSSR count). The third kappa shape index (κ3) is 5.82. The summed E-state index contributed by atoms with van der Waals surface area (Å²) >= 11 is 0. The van der Waals surface area contributed by atoms with Gasteiger partial charge in [-0.2, -0.15) is 13.2 Å². The van der Waals surface area contributed by atoms with E-state index in [-0.39, 0.29) is 11.9 Å². The molecule has 150 valence electrons. The van der Waals surface area contributed by atoms with Crippen molar-refractivity contribution in [3.05, 3.63) is 0 Å². The highest BCUT2D eigenvalue weighted by atomic mass is 19.4. The van der Waals surface area contributed by atoms with Gasteiger partial charge in [-0.15, -0.1) is 0 Å². The van der Waals surface area contributed by atoms with Gasteiger partial charge in [0.1, 0.15) is 0 Å². The monoisotopic (exact) mass is 377 g/mol. The Morgan fingerprint density at radius 3 is 2.50 bits per heavy atom. The predicted octanol–water partition coefficient (Wildman–Crippen LogP) is 2.16. The maximum atomic E-state index is 12.3. The van der Waals surface area contributed by atoms with Crippen molar-refractivity contribution >= 4 is 5.91 Å². The summed E-state index contributed by atoms with van der Waals surface area (Å²) in [5.41, 5.74) is 0. The molecule has 3 aliphatic heterocycles. The zero-order chi connectivity index (χ0) is 18.6. The van der Waals surface area contributed by atoms with Crippen LogP contribution in [0.1, 0.15) is 44.9 Å². The minimum absolute atomic E-state index is 0.199. The molecular formula is C18H30F3N3O2. The van der Waals surface area contributed by atoms with E-state index in [1.807, 2.05) is 0 Å². The second-order valence-electron chi connectivity index (χ2n) is 7.79. The maximum absolute atomic E-state index is 12.3. The number of amides is 1. The summed E-state index contributed by atoms with van der Waals surface area (Å²) in [5, 5.41) is 3.65. The lowest BCUT2D eigenvalue weighted by atomic mass is 9.98. The number of alkyl halides is 3. The Hall–Kier alpha value is -0.860. The SMILES string of the molecule is O=C(CCC(F)(F)F)N1CCC[C@@H](NC2CCN(C3CCOC3)CC2)C1. The van der Waals surface area contributed by atoms with Crippen LogP contribution in [0.3, 0.4) is 0 Å². The maximum Gasteiger partial charge on any atom is 0.389 e. The fraction of sp³-hybridized carbons (Fsp3) is 0.944. The molecule has 0 saturated carbocycles. The van der Waals surface area contributed by atoms with Crippen LogP contribution < -0.4 is 5.32 Å². The van der Waals surface area contributed by atoms with Gasteiger partial charge in [-0.25, -0.2) is 0 Å². The Kier molecular flexibility index (Phi) is 6.80. The number of carbonyl (C=O) groups excluding carboxylic acids is 1. The number of carbonyl (C=O) groups is 1. The van der Waals surface area contributed by atoms with Crippen molar-refractivity contribution in [1.82, 2.24) is 15.1 Å². The number of ether oxygens (including phenoxy) is 1. The smallest absolute Gasteiger partial charge is 0.380 e. The van der Waals surface area contributed by atoms with E-state index in [9.17, 15) is 18.0 Å². The van der Waals surface area contributed by atoms with Crippen molar-refractivity contribution in [1.29, 1.82) is 0 Å². The van der Waals surface area contributed by atoms with Gasteiger partial charge in [0.2, 0.25) is 5.91 Å². The number of rotatable bonds is 5. The highest BCUT2D eigenvalue weighted by Crippen LogP contribution is 2.23. The summed E-state index contributed by atoms with van der Waals surface area (Å²) in [7, 11) is 0. The van der Waals surface area contributed by atoms with Gasteiger partial charge in [0.15, 0.2) is 0 Å². The Balaban J connectivity index is 1.39. The molecule has 0 aromatic rings. The molecule has 5 nitrogen and oxygen atoms in total. The highest BCUT2D eigenvalue weighted by molar-refractivity contribution is 5.76. The molecule has 26 heavy (non-hydrogen) atoms. The summed E-state index contributed by atoms with van der Waals surface area (Å²) < 4.78 is 42.4. The molecule has 1 N–H and O–H groups in total. The molecule has 3 aliphatic rings. The lowest BCUT2D eigenvalue weighted by Gasteiger charge is -2.39. The number of halogens is 3. The van der Waals surface area contributed by atoms with Crippen LogP contribution in [0, 0.1) is 0 Å². The molecule has 3 fully saturated rings. The molecule has 3 heterocycles. The van der Waals surface area contributed by atoms with Gasteiger partial charge in [-0.05, 0) is 32.1 Å². The molecule has 0 aromatic carbocycles. The van der Waals surface area contributed by atoms with E-state index in [2.05, 4.69) is 10.2 Å². The largest absolute Gasteiger partial charge is 0.389 e. The molecule has 1 amide bonds. The number of piperidine rings is 2. The van der Waals surface area contributed by atoms with E-state index in [0.29, 0.717) is 25.2 Å². The topological polar surface area (TPSA) is 44.8 Å². The summed E-state index contributed by atoms with van der Waals surface area (Å²) in [5.74, 6) is -0.370. The fourth-order valence-corrected chi connectivity index (χ4v) is 4.32. The van der Waals surface area contributed by atoms with Crippen LogP contribution in [-0.4, -0.2) is 79.4 Å². The van der Waals surface area contributed by atoms with Gasteiger partial charge >= 0.3 is 6.18 Å². The zero-order valence-corrected chi connectivity index (χ0v) is 15.3. The summed E-state index contributed by atoms with van der Waals surface area (Å²) in [4.78, 5) is 16.2. The van der Waals surface area contributed by atoms with Gasteiger partial charge in [-0.3, -0.25) is 9.69 Å².